The van der Waals surface area contributed by atoms with E-state index in [0.717, 1.165) is 6.42 Å². The molecule has 0 radical (unpaired) electrons. The average Bonchev–Trinajstić information content (AvgIpc) is 2.94. The Kier molecular flexibility index (Phi) is 5.87. The maximum Gasteiger partial charge on any atom is 0.214 e. The summed E-state index contributed by atoms with van der Waals surface area (Å²) >= 11 is 0. The van der Waals surface area contributed by atoms with Gasteiger partial charge in [-0.25, -0.2) is 13.1 Å². The van der Waals surface area contributed by atoms with Gasteiger partial charge in [-0.1, -0.05) is 37.8 Å². The van der Waals surface area contributed by atoms with Crippen molar-refractivity contribution in [3.63, 3.8) is 0 Å². The molecule has 21 heavy (non-hydrogen) atoms. The van der Waals surface area contributed by atoms with Gasteiger partial charge in [0.1, 0.15) is 12.4 Å². The Hall–Kier alpha value is -1.27. The molecule has 1 saturated carbocycles. The molecule has 0 unspecified atom stereocenters. The Morgan fingerprint density at radius 1 is 1.24 bits per heavy atom. The highest BCUT2D eigenvalue weighted by molar-refractivity contribution is 7.89. The van der Waals surface area contributed by atoms with Crippen LogP contribution < -0.4 is 15.2 Å². The van der Waals surface area contributed by atoms with Crippen LogP contribution in [0, 0.1) is 5.92 Å². The average molecular weight is 312 g/mol. The highest BCUT2D eigenvalue weighted by atomic mass is 32.2. The van der Waals surface area contributed by atoms with Crippen LogP contribution in [-0.2, 0) is 10.0 Å². The SMILES string of the molecule is Nc1ccccc1OCCS(=O)(=O)NCCC1CCCC1. The second-order valence-electron chi connectivity index (χ2n) is 5.54. The summed E-state index contributed by atoms with van der Waals surface area (Å²) in [6.07, 6.45) is 5.97. The zero-order valence-electron chi connectivity index (χ0n) is 12.3. The van der Waals surface area contributed by atoms with Crippen molar-refractivity contribution in [1.29, 1.82) is 0 Å². The van der Waals surface area contributed by atoms with Gasteiger partial charge in [0.25, 0.3) is 0 Å². The number of hydrogen-bond donors (Lipinski definition) is 2. The van der Waals surface area contributed by atoms with E-state index in [9.17, 15) is 8.42 Å². The summed E-state index contributed by atoms with van der Waals surface area (Å²) in [6, 6.07) is 7.07. The molecule has 0 heterocycles. The first-order chi connectivity index (χ1) is 10.1. The Labute approximate surface area is 126 Å². The standard InChI is InChI=1S/C15H24N2O3S/c16-14-7-3-4-8-15(14)20-11-12-21(18,19)17-10-9-13-5-1-2-6-13/h3-4,7-8,13,17H,1-2,5-6,9-12,16H2. The molecule has 0 spiro atoms. The van der Waals surface area contributed by atoms with Crippen LogP contribution in [0.25, 0.3) is 0 Å². The van der Waals surface area contributed by atoms with Crippen molar-refractivity contribution in [3.8, 4) is 5.75 Å². The topological polar surface area (TPSA) is 81.4 Å². The molecule has 0 aliphatic heterocycles. The molecule has 0 amide bonds. The second kappa shape index (κ2) is 7.66. The molecule has 1 fully saturated rings. The van der Waals surface area contributed by atoms with Gasteiger partial charge in [0.2, 0.25) is 10.0 Å². The number of nitrogens with one attached hydrogen (secondary N) is 1. The highest BCUT2D eigenvalue weighted by Crippen LogP contribution is 2.26. The van der Waals surface area contributed by atoms with Crippen LogP contribution in [0.2, 0.25) is 0 Å². The number of ether oxygens (including phenoxy) is 1. The molecule has 118 valence electrons. The van der Waals surface area contributed by atoms with E-state index in [2.05, 4.69) is 4.72 Å². The Morgan fingerprint density at radius 2 is 1.95 bits per heavy atom. The molecule has 3 N–H and O–H groups in total. The molecule has 6 heteroatoms. The van der Waals surface area contributed by atoms with Gasteiger partial charge in [-0.2, -0.15) is 0 Å². The predicted molar refractivity (Wildman–Crippen MR) is 84.7 cm³/mol. The molecule has 0 bridgehead atoms. The van der Waals surface area contributed by atoms with Crippen LogP contribution in [0.3, 0.4) is 0 Å². The molecule has 1 aromatic rings. The lowest BCUT2D eigenvalue weighted by Crippen LogP contribution is -2.30. The van der Waals surface area contributed by atoms with Crippen molar-refractivity contribution < 1.29 is 13.2 Å². The van der Waals surface area contributed by atoms with Gasteiger partial charge in [-0.15, -0.1) is 0 Å². The van der Waals surface area contributed by atoms with E-state index < -0.39 is 10.0 Å². The molecule has 0 saturated heterocycles. The van der Waals surface area contributed by atoms with Gasteiger partial charge in [0.05, 0.1) is 11.4 Å². The molecule has 1 aromatic carbocycles. The van der Waals surface area contributed by atoms with Crippen molar-refractivity contribution in [2.24, 2.45) is 5.92 Å². The fourth-order valence-electron chi connectivity index (χ4n) is 2.66. The third kappa shape index (κ3) is 5.55. The van der Waals surface area contributed by atoms with Gasteiger partial charge in [-0.3, -0.25) is 0 Å². The third-order valence-corrected chi connectivity index (χ3v) is 5.23. The van der Waals surface area contributed by atoms with Gasteiger partial charge < -0.3 is 10.5 Å². The van der Waals surface area contributed by atoms with Crippen molar-refractivity contribution in [3.05, 3.63) is 24.3 Å². The first-order valence-corrected chi connectivity index (χ1v) is 9.17. The summed E-state index contributed by atoms with van der Waals surface area (Å²) in [5.74, 6) is 1.16. The van der Waals surface area contributed by atoms with E-state index >= 15 is 0 Å². The number of anilines is 1. The summed E-state index contributed by atoms with van der Waals surface area (Å²) in [7, 11) is -3.27. The van der Waals surface area contributed by atoms with Gasteiger partial charge in [-0.05, 0) is 24.5 Å². The summed E-state index contributed by atoms with van der Waals surface area (Å²) in [4.78, 5) is 0. The van der Waals surface area contributed by atoms with Gasteiger partial charge in [0.15, 0.2) is 0 Å². The number of rotatable bonds is 8. The summed E-state index contributed by atoms with van der Waals surface area (Å²) < 4.78 is 31.8. The maximum atomic E-state index is 11.9. The fourth-order valence-corrected chi connectivity index (χ4v) is 3.54. The molecular formula is C15H24N2O3S. The fraction of sp³-hybridized carbons (Fsp3) is 0.600. The Morgan fingerprint density at radius 3 is 2.67 bits per heavy atom. The lowest BCUT2D eigenvalue weighted by atomic mass is 10.1. The predicted octanol–water partition coefficient (Wildman–Crippen LogP) is 2.15. The van der Waals surface area contributed by atoms with Crippen molar-refractivity contribution in [1.82, 2.24) is 4.72 Å². The number of benzene rings is 1. The number of hydrogen-bond acceptors (Lipinski definition) is 4. The maximum absolute atomic E-state index is 11.9. The zero-order chi connectivity index (χ0) is 15.1. The lowest BCUT2D eigenvalue weighted by Gasteiger charge is -2.11. The van der Waals surface area contributed by atoms with Crippen LogP contribution in [0.15, 0.2) is 24.3 Å². The van der Waals surface area contributed by atoms with Crippen LogP contribution in [0.4, 0.5) is 5.69 Å². The van der Waals surface area contributed by atoms with Crippen LogP contribution in [-0.4, -0.2) is 27.3 Å². The van der Waals surface area contributed by atoms with E-state index in [1.54, 1.807) is 18.2 Å². The van der Waals surface area contributed by atoms with Crippen LogP contribution in [0.5, 0.6) is 5.75 Å². The minimum absolute atomic E-state index is 0.0496. The highest BCUT2D eigenvalue weighted by Gasteiger charge is 2.16. The number of nitrogen functional groups attached to an aromatic ring is 1. The first kappa shape index (κ1) is 16.1. The Balaban J connectivity index is 1.67. The second-order valence-corrected chi connectivity index (χ2v) is 7.47. The summed E-state index contributed by atoms with van der Waals surface area (Å²) in [5, 5.41) is 0. The first-order valence-electron chi connectivity index (χ1n) is 7.51. The third-order valence-electron chi connectivity index (χ3n) is 3.88. The zero-order valence-corrected chi connectivity index (χ0v) is 13.1. The van der Waals surface area contributed by atoms with Crippen molar-refractivity contribution in [2.75, 3.05) is 24.6 Å². The van der Waals surface area contributed by atoms with Crippen LogP contribution >= 0.6 is 0 Å². The van der Waals surface area contributed by atoms with E-state index in [1.807, 2.05) is 6.07 Å². The van der Waals surface area contributed by atoms with Gasteiger partial charge in [0, 0.05) is 6.54 Å². The van der Waals surface area contributed by atoms with Crippen molar-refractivity contribution in [2.45, 2.75) is 32.1 Å². The van der Waals surface area contributed by atoms with Gasteiger partial charge >= 0.3 is 0 Å². The normalized spacial score (nSPS) is 16.2. The summed E-state index contributed by atoms with van der Waals surface area (Å²) in [5.41, 5.74) is 6.25. The number of sulfonamides is 1. The van der Waals surface area contributed by atoms with E-state index in [4.69, 9.17) is 10.5 Å². The minimum Gasteiger partial charge on any atom is -0.490 e. The molecule has 1 aliphatic carbocycles. The number of nitrogens with two attached hydrogens (primary N) is 1. The largest absolute Gasteiger partial charge is 0.490 e. The minimum atomic E-state index is -3.27. The van der Waals surface area contributed by atoms with E-state index in [0.29, 0.717) is 23.9 Å². The molecule has 1 aliphatic rings. The molecular weight excluding hydrogens is 288 g/mol. The molecule has 0 aromatic heterocycles. The lowest BCUT2D eigenvalue weighted by molar-refractivity contribution is 0.342. The number of para-hydroxylation sites is 2. The molecule has 5 nitrogen and oxygen atoms in total. The monoisotopic (exact) mass is 312 g/mol. The van der Waals surface area contributed by atoms with E-state index in [-0.39, 0.29) is 12.4 Å². The Bertz CT molecular complexity index is 540. The molecule has 0 atom stereocenters. The van der Waals surface area contributed by atoms with Crippen molar-refractivity contribution >= 4 is 15.7 Å². The molecule has 2 rings (SSSR count). The summed E-state index contributed by atoms with van der Waals surface area (Å²) in [6.45, 7) is 0.632. The smallest absolute Gasteiger partial charge is 0.214 e. The van der Waals surface area contributed by atoms with Crippen LogP contribution in [0.1, 0.15) is 32.1 Å². The van der Waals surface area contributed by atoms with E-state index in [1.165, 1.54) is 25.7 Å². The quantitative estimate of drug-likeness (QED) is 0.721.